The fourth-order valence-electron chi connectivity index (χ4n) is 2.44. The van der Waals surface area contributed by atoms with Crippen LogP contribution in [0.15, 0.2) is 59.8 Å². The number of halogens is 1. The molecule has 0 saturated heterocycles. The molecule has 0 fully saturated rings. The van der Waals surface area contributed by atoms with E-state index in [9.17, 15) is 9.18 Å². The zero-order valence-electron chi connectivity index (χ0n) is 14.3. The molecule has 5 nitrogen and oxygen atoms in total. The summed E-state index contributed by atoms with van der Waals surface area (Å²) in [4.78, 5) is 11.3. The zero-order valence-corrected chi connectivity index (χ0v) is 15.1. The topological polar surface area (TPSA) is 57.0 Å². The molecule has 0 atom stereocenters. The van der Waals surface area contributed by atoms with Crippen molar-refractivity contribution in [1.82, 2.24) is 14.8 Å². The van der Waals surface area contributed by atoms with E-state index in [-0.39, 0.29) is 11.8 Å². The summed E-state index contributed by atoms with van der Waals surface area (Å²) in [5.74, 6) is 0.651. The van der Waals surface area contributed by atoms with E-state index in [1.165, 1.54) is 31.0 Å². The van der Waals surface area contributed by atoms with Gasteiger partial charge < -0.3 is 4.74 Å². The summed E-state index contributed by atoms with van der Waals surface area (Å²) < 4.78 is 19.9. The smallest absolute Gasteiger partial charge is 0.306 e. The van der Waals surface area contributed by atoms with Crippen molar-refractivity contribution in [3.05, 3.63) is 66.0 Å². The predicted molar refractivity (Wildman–Crippen MR) is 98.3 cm³/mol. The highest BCUT2D eigenvalue weighted by Gasteiger charge is 2.15. The van der Waals surface area contributed by atoms with Crippen LogP contribution >= 0.6 is 11.8 Å². The Labute approximate surface area is 155 Å². The molecule has 1 aromatic heterocycles. The number of carbonyl (C=O) groups excluding carboxylic acids is 1. The molecule has 3 rings (SSSR count). The number of aromatic nitrogens is 3. The van der Waals surface area contributed by atoms with Crippen molar-refractivity contribution in [1.29, 1.82) is 0 Å². The minimum Gasteiger partial charge on any atom is -0.469 e. The van der Waals surface area contributed by atoms with E-state index in [0.29, 0.717) is 29.7 Å². The van der Waals surface area contributed by atoms with Gasteiger partial charge >= 0.3 is 5.97 Å². The lowest BCUT2D eigenvalue weighted by atomic mass is 10.2. The van der Waals surface area contributed by atoms with Crippen LogP contribution in [-0.2, 0) is 16.1 Å². The highest BCUT2D eigenvalue weighted by molar-refractivity contribution is 7.99. The monoisotopic (exact) mass is 371 g/mol. The van der Waals surface area contributed by atoms with Gasteiger partial charge in [-0.3, -0.25) is 9.36 Å². The number of thioether (sulfide) groups is 1. The molecule has 0 radical (unpaired) electrons. The van der Waals surface area contributed by atoms with Crippen LogP contribution in [0.25, 0.3) is 11.4 Å². The lowest BCUT2D eigenvalue weighted by molar-refractivity contribution is -0.140. The average molecular weight is 371 g/mol. The third kappa shape index (κ3) is 4.49. The van der Waals surface area contributed by atoms with Gasteiger partial charge in [0.15, 0.2) is 11.0 Å². The van der Waals surface area contributed by atoms with Crippen molar-refractivity contribution in [3.63, 3.8) is 0 Å². The highest BCUT2D eigenvalue weighted by atomic mass is 32.2. The Hall–Kier alpha value is -2.67. The van der Waals surface area contributed by atoms with Gasteiger partial charge in [0.25, 0.3) is 0 Å². The van der Waals surface area contributed by atoms with Crippen molar-refractivity contribution in [2.75, 3.05) is 12.9 Å². The number of carbonyl (C=O) groups is 1. The van der Waals surface area contributed by atoms with Crippen molar-refractivity contribution in [2.24, 2.45) is 0 Å². The Morgan fingerprint density at radius 1 is 1.12 bits per heavy atom. The number of benzene rings is 2. The van der Waals surface area contributed by atoms with Crippen molar-refractivity contribution in [3.8, 4) is 11.4 Å². The van der Waals surface area contributed by atoms with E-state index in [1.54, 1.807) is 12.1 Å². The normalized spacial score (nSPS) is 10.7. The summed E-state index contributed by atoms with van der Waals surface area (Å²) >= 11 is 1.44. The molecule has 2 aromatic carbocycles. The standard InChI is InChI=1S/C19H18FN3O2S/c1-25-17(24)11-12-26-19-22-21-18(15-7-9-16(20)10-8-15)23(19)13-14-5-3-2-4-6-14/h2-10H,11-13H2,1H3. The Bertz CT molecular complexity index is 866. The minimum absolute atomic E-state index is 0.259. The van der Waals surface area contributed by atoms with Gasteiger partial charge in [0.05, 0.1) is 20.1 Å². The second kappa shape index (κ2) is 8.62. The molecule has 7 heteroatoms. The molecule has 0 N–H and O–H groups in total. The van der Waals surface area contributed by atoms with Gasteiger partial charge in [0.2, 0.25) is 0 Å². The lowest BCUT2D eigenvalue weighted by Crippen LogP contribution is -2.05. The SMILES string of the molecule is COC(=O)CCSc1nnc(-c2ccc(F)cc2)n1Cc1ccccc1. The molecular weight excluding hydrogens is 353 g/mol. The maximum atomic E-state index is 13.2. The van der Waals surface area contributed by atoms with Crippen LogP contribution in [0.4, 0.5) is 4.39 Å². The van der Waals surface area contributed by atoms with Crippen molar-refractivity contribution in [2.45, 2.75) is 18.1 Å². The van der Waals surface area contributed by atoms with E-state index in [1.807, 2.05) is 34.9 Å². The molecule has 0 aliphatic rings. The first kappa shape index (κ1) is 18.1. The molecule has 0 saturated carbocycles. The largest absolute Gasteiger partial charge is 0.469 e. The van der Waals surface area contributed by atoms with E-state index >= 15 is 0 Å². The Balaban J connectivity index is 1.88. The van der Waals surface area contributed by atoms with Gasteiger partial charge in [0.1, 0.15) is 5.82 Å². The first-order valence-corrected chi connectivity index (χ1v) is 9.08. The van der Waals surface area contributed by atoms with Crippen LogP contribution < -0.4 is 0 Å². The minimum atomic E-state index is -0.296. The summed E-state index contributed by atoms with van der Waals surface area (Å²) in [5.41, 5.74) is 1.89. The van der Waals surface area contributed by atoms with E-state index in [2.05, 4.69) is 14.9 Å². The number of hydrogen-bond acceptors (Lipinski definition) is 5. The summed E-state index contributed by atoms with van der Waals surface area (Å²) in [5, 5.41) is 9.25. The van der Waals surface area contributed by atoms with Gasteiger partial charge in [-0.25, -0.2) is 4.39 Å². The first-order chi connectivity index (χ1) is 12.7. The number of methoxy groups -OCH3 is 1. The second-order valence-electron chi connectivity index (χ2n) is 5.56. The fraction of sp³-hybridized carbons (Fsp3) is 0.211. The van der Waals surface area contributed by atoms with Crippen molar-refractivity contribution >= 4 is 17.7 Å². The summed E-state index contributed by atoms with van der Waals surface area (Å²) in [6, 6.07) is 16.1. The highest BCUT2D eigenvalue weighted by Crippen LogP contribution is 2.26. The molecule has 0 aliphatic carbocycles. The van der Waals surface area contributed by atoms with Crippen LogP contribution in [-0.4, -0.2) is 33.6 Å². The third-order valence-corrected chi connectivity index (χ3v) is 4.74. The molecule has 0 aliphatic heterocycles. The van der Waals surface area contributed by atoms with E-state index < -0.39 is 0 Å². The lowest BCUT2D eigenvalue weighted by Gasteiger charge is -2.10. The molecule has 3 aromatic rings. The number of esters is 1. The molecule has 134 valence electrons. The van der Waals surface area contributed by atoms with Gasteiger partial charge in [-0.2, -0.15) is 0 Å². The van der Waals surface area contributed by atoms with Gasteiger partial charge in [-0.15, -0.1) is 10.2 Å². The van der Waals surface area contributed by atoms with E-state index in [0.717, 1.165) is 11.1 Å². The molecule has 0 unspecified atom stereocenters. The number of hydrogen-bond donors (Lipinski definition) is 0. The predicted octanol–water partition coefficient (Wildman–Crippen LogP) is 3.79. The summed E-state index contributed by atoms with van der Waals surface area (Å²) in [7, 11) is 1.37. The van der Waals surface area contributed by atoms with Crippen LogP contribution in [0.5, 0.6) is 0 Å². The molecule has 0 amide bonds. The second-order valence-corrected chi connectivity index (χ2v) is 6.62. The van der Waals surface area contributed by atoms with Gasteiger partial charge in [0, 0.05) is 11.3 Å². The van der Waals surface area contributed by atoms with Gasteiger partial charge in [-0.1, -0.05) is 42.1 Å². The average Bonchev–Trinajstić information content (AvgIpc) is 3.05. The molecule has 0 bridgehead atoms. The molecule has 0 spiro atoms. The fourth-order valence-corrected chi connectivity index (χ4v) is 3.30. The van der Waals surface area contributed by atoms with Crippen LogP contribution in [0.1, 0.15) is 12.0 Å². The van der Waals surface area contributed by atoms with Crippen LogP contribution in [0.3, 0.4) is 0 Å². The van der Waals surface area contributed by atoms with Crippen molar-refractivity contribution < 1.29 is 13.9 Å². The number of ether oxygens (including phenoxy) is 1. The first-order valence-electron chi connectivity index (χ1n) is 8.10. The Kier molecular flexibility index (Phi) is 6.01. The Morgan fingerprint density at radius 3 is 2.54 bits per heavy atom. The quantitative estimate of drug-likeness (QED) is 0.467. The number of nitrogens with zero attached hydrogens (tertiary/aromatic N) is 3. The summed E-state index contributed by atoms with van der Waals surface area (Å²) in [6.07, 6.45) is 0.297. The Morgan fingerprint density at radius 2 is 1.85 bits per heavy atom. The van der Waals surface area contributed by atoms with Crippen LogP contribution in [0.2, 0.25) is 0 Å². The third-order valence-electron chi connectivity index (χ3n) is 3.77. The number of rotatable bonds is 7. The molecular formula is C19H18FN3O2S. The van der Waals surface area contributed by atoms with Gasteiger partial charge in [-0.05, 0) is 29.8 Å². The molecule has 1 heterocycles. The van der Waals surface area contributed by atoms with Crippen LogP contribution in [0, 0.1) is 5.82 Å². The summed E-state index contributed by atoms with van der Waals surface area (Å²) in [6.45, 7) is 0.584. The zero-order chi connectivity index (χ0) is 18.4. The molecule has 26 heavy (non-hydrogen) atoms. The van der Waals surface area contributed by atoms with E-state index in [4.69, 9.17) is 0 Å². The maximum Gasteiger partial charge on any atom is 0.306 e. The maximum absolute atomic E-state index is 13.2.